The van der Waals surface area contributed by atoms with Gasteiger partial charge in [0.1, 0.15) is 0 Å². The molecule has 2 heterocycles. The lowest BCUT2D eigenvalue weighted by molar-refractivity contribution is 0.00310. The number of anilines is 2. The summed E-state index contributed by atoms with van der Waals surface area (Å²) in [5.41, 5.74) is 0. The molecule has 0 aliphatic carbocycles. The highest BCUT2D eigenvalue weighted by molar-refractivity contribution is 5.38. The Morgan fingerprint density at radius 2 is 2.24 bits per heavy atom. The van der Waals surface area contributed by atoms with Crippen LogP contribution < -0.4 is 15.0 Å². The van der Waals surface area contributed by atoms with E-state index in [1.165, 1.54) is 0 Å². The van der Waals surface area contributed by atoms with Gasteiger partial charge in [0.05, 0.1) is 25.9 Å². The molecule has 1 aliphatic heterocycles. The Bertz CT molecular complexity index is 446. The first kappa shape index (κ1) is 15.7. The molecule has 1 saturated heterocycles. The van der Waals surface area contributed by atoms with E-state index < -0.39 is 0 Å². The van der Waals surface area contributed by atoms with Gasteiger partial charge in [0.25, 0.3) is 0 Å². The molecule has 1 atom stereocenters. The van der Waals surface area contributed by atoms with Crippen molar-refractivity contribution >= 4 is 11.9 Å². The number of rotatable bonds is 7. The SMILES string of the molecule is CCCOc1nc(NCC)nc(N2CCOC(CO)C2)n1. The van der Waals surface area contributed by atoms with Gasteiger partial charge in [0.15, 0.2) is 0 Å². The van der Waals surface area contributed by atoms with E-state index in [-0.39, 0.29) is 12.7 Å². The van der Waals surface area contributed by atoms with Gasteiger partial charge in [-0.25, -0.2) is 0 Å². The summed E-state index contributed by atoms with van der Waals surface area (Å²) in [4.78, 5) is 15.0. The summed E-state index contributed by atoms with van der Waals surface area (Å²) >= 11 is 0. The molecule has 21 heavy (non-hydrogen) atoms. The van der Waals surface area contributed by atoms with Gasteiger partial charge in [0.2, 0.25) is 11.9 Å². The number of aliphatic hydroxyl groups is 1. The Hall–Kier alpha value is -1.67. The smallest absolute Gasteiger partial charge is 0.323 e. The van der Waals surface area contributed by atoms with E-state index in [0.29, 0.717) is 44.2 Å². The van der Waals surface area contributed by atoms with Crippen LogP contribution in [0.15, 0.2) is 0 Å². The topological polar surface area (TPSA) is 92.6 Å². The molecule has 0 radical (unpaired) electrons. The average molecular weight is 297 g/mol. The summed E-state index contributed by atoms with van der Waals surface area (Å²) < 4.78 is 11.0. The Morgan fingerprint density at radius 3 is 2.95 bits per heavy atom. The molecule has 118 valence electrons. The zero-order valence-corrected chi connectivity index (χ0v) is 12.6. The van der Waals surface area contributed by atoms with Gasteiger partial charge in [-0.05, 0) is 13.3 Å². The fraction of sp³-hybridized carbons (Fsp3) is 0.769. The summed E-state index contributed by atoms with van der Waals surface area (Å²) in [6, 6.07) is 0.324. The molecule has 0 bridgehead atoms. The normalized spacial score (nSPS) is 18.6. The van der Waals surface area contributed by atoms with Crippen LogP contribution in [0.4, 0.5) is 11.9 Å². The van der Waals surface area contributed by atoms with Gasteiger partial charge in [-0.3, -0.25) is 0 Å². The van der Waals surface area contributed by atoms with Gasteiger partial charge in [-0.1, -0.05) is 6.92 Å². The van der Waals surface area contributed by atoms with Crippen LogP contribution in [0.25, 0.3) is 0 Å². The quantitative estimate of drug-likeness (QED) is 0.742. The molecule has 1 unspecified atom stereocenters. The minimum absolute atomic E-state index is 0.0131. The molecular formula is C13H23N5O3. The number of nitrogens with one attached hydrogen (secondary N) is 1. The number of aliphatic hydroxyl groups excluding tert-OH is 1. The van der Waals surface area contributed by atoms with E-state index in [2.05, 4.69) is 20.3 Å². The maximum absolute atomic E-state index is 9.22. The minimum Gasteiger partial charge on any atom is -0.463 e. The van der Waals surface area contributed by atoms with Crippen LogP contribution in [0.5, 0.6) is 6.01 Å². The largest absolute Gasteiger partial charge is 0.463 e. The van der Waals surface area contributed by atoms with Crippen molar-refractivity contribution in [2.75, 3.05) is 49.7 Å². The molecule has 0 saturated carbocycles. The molecule has 8 heteroatoms. The van der Waals surface area contributed by atoms with Gasteiger partial charge in [-0.2, -0.15) is 15.0 Å². The monoisotopic (exact) mass is 297 g/mol. The fourth-order valence-electron chi connectivity index (χ4n) is 1.99. The summed E-state index contributed by atoms with van der Waals surface area (Å²) in [6.45, 7) is 7.06. The van der Waals surface area contributed by atoms with Crippen molar-refractivity contribution < 1.29 is 14.6 Å². The van der Waals surface area contributed by atoms with Gasteiger partial charge in [0, 0.05) is 19.6 Å². The highest BCUT2D eigenvalue weighted by Gasteiger charge is 2.23. The number of hydrogen-bond donors (Lipinski definition) is 2. The summed E-state index contributed by atoms with van der Waals surface area (Å²) in [6.07, 6.45) is 0.680. The molecule has 0 aromatic carbocycles. The van der Waals surface area contributed by atoms with Crippen molar-refractivity contribution in [2.45, 2.75) is 26.4 Å². The maximum atomic E-state index is 9.22. The highest BCUT2D eigenvalue weighted by Crippen LogP contribution is 2.18. The zero-order valence-electron chi connectivity index (χ0n) is 12.6. The van der Waals surface area contributed by atoms with Crippen LogP contribution in [-0.2, 0) is 4.74 Å². The first-order chi connectivity index (χ1) is 10.3. The highest BCUT2D eigenvalue weighted by atomic mass is 16.5. The fourth-order valence-corrected chi connectivity index (χ4v) is 1.99. The van der Waals surface area contributed by atoms with Crippen molar-refractivity contribution in [2.24, 2.45) is 0 Å². The standard InChI is InChI=1S/C13H23N5O3/c1-3-6-21-13-16-11(14-4-2)15-12(17-13)18-5-7-20-10(8-18)9-19/h10,19H,3-9H2,1-2H3,(H,14,15,16,17). The summed E-state index contributed by atoms with van der Waals surface area (Å²) in [7, 11) is 0. The Labute approximate surface area is 124 Å². The van der Waals surface area contributed by atoms with Gasteiger partial charge in [-0.15, -0.1) is 0 Å². The number of hydrogen-bond acceptors (Lipinski definition) is 8. The number of nitrogens with zero attached hydrogens (tertiary/aromatic N) is 4. The third-order valence-electron chi connectivity index (χ3n) is 3.00. The van der Waals surface area contributed by atoms with E-state index in [1.54, 1.807) is 0 Å². The first-order valence-corrected chi connectivity index (χ1v) is 7.37. The number of aromatic nitrogens is 3. The van der Waals surface area contributed by atoms with Crippen molar-refractivity contribution in [1.82, 2.24) is 15.0 Å². The van der Waals surface area contributed by atoms with E-state index in [1.807, 2.05) is 18.7 Å². The van der Waals surface area contributed by atoms with Gasteiger partial charge >= 0.3 is 6.01 Å². The van der Waals surface area contributed by atoms with E-state index in [9.17, 15) is 5.11 Å². The maximum Gasteiger partial charge on any atom is 0.323 e. The summed E-state index contributed by atoms with van der Waals surface area (Å²) in [5.74, 6) is 1.05. The number of ether oxygens (including phenoxy) is 2. The molecule has 0 amide bonds. The van der Waals surface area contributed by atoms with Crippen LogP contribution in [0, 0.1) is 0 Å². The molecule has 2 rings (SSSR count). The van der Waals surface area contributed by atoms with Crippen LogP contribution in [0.3, 0.4) is 0 Å². The molecule has 1 aliphatic rings. The lowest BCUT2D eigenvalue weighted by Gasteiger charge is -2.32. The molecule has 2 N–H and O–H groups in total. The lowest BCUT2D eigenvalue weighted by Crippen LogP contribution is -2.45. The Morgan fingerprint density at radius 1 is 1.38 bits per heavy atom. The minimum atomic E-state index is -0.210. The second-order valence-electron chi connectivity index (χ2n) is 4.74. The summed E-state index contributed by atoms with van der Waals surface area (Å²) in [5, 5.41) is 12.3. The Kier molecular flexibility index (Phi) is 5.94. The third kappa shape index (κ3) is 4.40. The zero-order chi connectivity index (χ0) is 15.1. The second-order valence-corrected chi connectivity index (χ2v) is 4.74. The number of morpholine rings is 1. The lowest BCUT2D eigenvalue weighted by atomic mass is 10.3. The van der Waals surface area contributed by atoms with Crippen LogP contribution >= 0.6 is 0 Å². The van der Waals surface area contributed by atoms with Crippen LogP contribution in [0.1, 0.15) is 20.3 Å². The van der Waals surface area contributed by atoms with E-state index in [0.717, 1.165) is 13.0 Å². The molecule has 1 aromatic rings. The van der Waals surface area contributed by atoms with Crippen molar-refractivity contribution in [3.63, 3.8) is 0 Å². The molecule has 8 nitrogen and oxygen atoms in total. The molecule has 0 spiro atoms. The molecule has 1 fully saturated rings. The first-order valence-electron chi connectivity index (χ1n) is 7.37. The van der Waals surface area contributed by atoms with E-state index >= 15 is 0 Å². The molecule has 1 aromatic heterocycles. The Balaban J connectivity index is 2.17. The van der Waals surface area contributed by atoms with Crippen LogP contribution in [-0.4, -0.2) is 65.6 Å². The predicted octanol–water partition coefficient (Wildman–Crippen LogP) is 0.290. The molecular weight excluding hydrogens is 274 g/mol. The van der Waals surface area contributed by atoms with Crippen molar-refractivity contribution in [3.05, 3.63) is 0 Å². The second kappa shape index (κ2) is 7.94. The van der Waals surface area contributed by atoms with Crippen LogP contribution in [0.2, 0.25) is 0 Å². The third-order valence-corrected chi connectivity index (χ3v) is 3.00. The predicted molar refractivity (Wildman–Crippen MR) is 78.8 cm³/mol. The van der Waals surface area contributed by atoms with E-state index in [4.69, 9.17) is 9.47 Å². The van der Waals surface area contributed by atoms with Crippen molar-refractivity contribution in [1.29, 1.82) is 0 Å². The van der Waals surface area contributed by atoms with Gasteiger partial charge < -0.3 is 24.8 Å². The van der Waals surface area contributed by atoms with Crippen molar-refractivity contribution in [3.8, 4) is 6.01 Å². The average Bonchev–Trinajstić information content (AvgIpc) is 2.53.